The summed E-state index contributed by atoms with van der Waals surface area (Å²) in [6, 6.07) is -0.00550. The van der Waals surface area contributed by atoms with Crippen molar-refractivity contribution in [3.63, 3.8) is 0 Å². The minimum Gasteiger partial charge on any atom is -0.380 e. The van der Waals surface area contributed by atoms with E-state index in [-0.39, 0.29) is 24.2 Å². The smallest absolute Gasteiger partial charge is 0.241 e. The molecule has 4 nitrogen and oxygen atoms in total. The van der Waals surface area contributed by atoms with Crippen molar-refractivity contribution in [3.8, 4) is 0 Å². The quantitative estimate of drug-likeness (QED) is 0.721. The van der Waals surface area contributed by atoms with Crippen LogP contribution in [0.5, 0.6) is 0 Å². The molecule has 1 aliphatic rings. The lowest BCUT2D eigenvalue weighted by Crippen LogP contribution is -2.39. The summed E-state index contributed by atoms with van der Waals surface area (Å²) in [4.78, 5) is 13.7. The number of amides is 1. The lowest BCUT2D eigenvalue weighted by Gasteiger charge is -2.23. The molecule has 1 fully saturated rings. The van der Waals surface area contributed by atoms with Gasteiger partial charge in [0, 0.05) is 13.7 Å². The molecule has 0 aliphatic carbocycles. The molecule has 1 rings (SSSR count). The molecule has 1 aliphatic heterocycles. The van der Waals surface area contributed by atoms with E-state index in [9.17, 15) is 4.79 Å². The van der Waals surface area contributed by atoms with Crippen molar-refractivity contribution in [2.45, 2.75) is 45.5 Å². The Balaban J connectivity index is 2.56. The molecule has 0 bridgehead atoms. The Kier molecular flexibility index (Phi) is 3.89. The maximum Gasteiger partial charge on any atom is 0.241 e. The number of methoxy groups -OCH3 is 1. The van der Waals surface area contributed by atoms with Crippen LogP contribution in [0.1, 0.15) is 27.2 Å². The third-order valence-corrected chi connectivity index (χ3v) is 2.76. The van der Waals surface area contributed by atoms with Gasteiger partial charge in [0.25, 0.3) is 0 Å². The first-order valence-corrected chi connectivity index (χ1v) is 5.19. The predicted octanol–water partition coefficient (Wildman–Crippen LogP) is 0.578. The largest absolute Gasteiger partial charge is 0.380 e. The minimum atomic E-state index is -0.00550. The van der Waals surface area contributed by atoms with Gasteiger partial charge < -0.3 is 9.64 Å². The lowest BCUT2D eigenvalue weighted by atomic mass is 10.2. The van der Waals surface area contributed by atoms with Gasteiger partial charge in [0.2, 0.25) is 5.91 Å². The zero-order chi connectivity index (χ0) is 10.7. The summed E-state index contributed by atoms with van der Waals surface area (Å²) in [5.41, 5.74) is 0. The Morgan fingerprint density at radius 1 is 1.64 bits per heavy atom. The first-order chi connectivity index (χ1) is 6.60. The van der Waals surface area contributed by atoms with Crippen LogP contribution in [0.15, 0.2) is 0 Å². The van der Waals surface area contributed by atoms with Gasteiger partial charge >= 0.3 is 0 Å². The monoisotopic (exact) mass is 200 g/mol. The highest BCUT2D eigenvalue weighted by atomic mass is 16.5. The van der Waals surface area contributed by atoms with E-state index in [0.29, 0.717) is 6.54 Å². The van der Waals surface area contributed by atoms with Gasteiger partial charge in [-0.25, -0.2) is 0 Å². The second kappa shape index (κ2) is 4.75. The molecular formula is C10H20N2O2. The number of nitrogens with one attached hydrogen (secondary N) is 1. The van der Waals surface area contributed by atoms with Crippen LogP contribution in [0.25, 0.3) is 0 Å². The molecule has 82 valence electrons. The zero-order valence-electron chi connectivity index (χ0n) is 9.41. The highest BCUT2D eigenvalue weighted by molar-refractivity contribution is 5.84. The van der Waals surface area contributed by atoms with Gasteiger partial charge in [-0.05, 0) is 20.3 Å². The average molecular weight is 200 g/mol. The molecule has 0 radical (unpaired) electrons. The van der Waals surface area contributed by atoms with Crippen LogP contribution in [0.2, 0.25) is 0 Å². The van der Waals surface area contributed by atoms with E-state index in [1.165, 1.54) is 0 Å². The Bertz CT molecular complexity index is 208. The van der Waals surface area contributed by atoms with E-state index in [1.54, 1.807) is 7.11 Å². The molecule has 3 unspecified atom stereocenters. The number of carbonyl (C=O) groups excluding carboxylic acids is 1. The van der Waals surface area contributed by atoms with E-state index in [1.807, 2.05) is 25.7 Å². The summed E-state index contributed by atoms with van der Waals surface area (Å²) in [7, 11) is 1.67. The van der Waals surface area contributed by atoms with Crippen LogP contribution in [0.4, 0.5) is 0 Å². The molecule has 14 heavy (non-hydrogen) atoms. The van der Waals surface area contributed by atoms with Crippen molar-refractivity contribution in [2.24, 2.45) is 0 Å². The van der Waals surface area contributed by atoms with Crippen LogP contribution < -0.4 is 5.32 Å². The van der Waals surface area contributed by atoms with E-state index in [2.05, 4.69) is 5.32 Å². The zero-order valence-corrected chi connectivity index (χ0v) is 9.41. The number of carbonyl (C=O) groups is 1. The summed E-state index contributed by atoms with van der Waals surface area (Å²) in [6.07, 6.45) is 1.07. The van der Waals surface area contributed by atoms with Gasteiger partial charge in [-0.1, -0.05) is 6.92 Å². The lowest BCUT2D eigenvalue weighted by molar-refractivity contribution is -0.131. The van der Waals surface area contributed by atoms with E-state index in [4.69, 9.17) is 4.74 Å². The average Bonchev–Trinajstić information content (AvgIpc) is 2.44. The van der Waals surface area contributed by atoms with Gasteiger partial charge in [-0.3, -0.25) is 10.1 Å². The van der Waals surface area contributed by atoms with Crippen molar-refractivity contribution < 1.29 is 9.53 Å². The minimum absolute atomic E-state index is 0.00550. The number of hydrogen-bond acceptors (Lipinski definition) is 3. The van der Waals surface area contributed by atoms with Crippen molar-refractivity contribution in [1.82, 2.24) is 10.2 Å². The van der Waals surface area contributed by atoms with Crippen molar-refractivity contribution in [1.29, 1.82) is 0 Å². The Hall–Kier alpha value is -0.610. The molecular weight excluding hydrogens is 180 g/mol. The first-order valence-electron chi connectivity index (χ1n) is 5.19. The van der Waals surface area contributed by atoms with Crippen LogP contribution in [-0.2, 0) is 9.53 Å². The second-order valence-electron chi connectivity index (χ2n) is 3.84. The van der Waals surface area contributed by atoms with Crippen LogP contribution >= 0.6 is 0 Å². The van der Waals surface area contributed by atoms with E-state index < -0.39 is 0 Å². The first kappa shape index (κ1) is 11.5. The normalized spacial score (nSPS) is 29.7. The molecule has 0 saturated carbocycles. The van der Waals surface area contributed by atoms with Crippen LogP contribution in [0, 0.1) is 0 Å². The molecule has 4 heteroatoms. The molecule has 1 saturated heterocycles. The van der Waals surface area contributed by atoms with Crippen molar-refractivity contribution in [2.75, 3.05) is 13.7 Å². The third-order valence-electron chi connectivity index (χ3n) is 2.76. The molecule has 0 spiro atoms. The fourth-order valence-corrected chi connectivity index (χ4v) is 1.74. The van der Waals surface area contributed by atoms with Crippen molar-refractivity contribution >= 4 is 5.91 Å². The Morgan fingerprint density at radius 3 is 2.71 bits per heavy atom. The number of nitrogens with zero attached hydrogens (tertiary/aromatic N) is 1. The van der Waals surface area contributed by atoms with Crippen molar-refractivity contribution in [3.05, 3.63) is 0 Å². The van der Waals surface area contributed by atoms with E-state index in [0.717, 1.165) is 6.42 Å². The SMILES string of the molecule is CCC1NC(C)N(CC(C)OC)C1=O. The molecule has 0 aromatic heterocycles. The van der Waals surface area contributed by atoms with Gasteiger partial charge in [0.05, 0.1) is 18.3 Å². The predicted molar refractivity (Wildman–Crippen MR) is 54.9 cm³/mol. The number of rotatable bonds is 4. The fraction of sp³-hybridized carbons (Fsp3) is 0.900. The maximum atomic E-state index is 11.8. The molecule has 3 atom stereocenters. The fourth-order valence-electron chi connectivity index (χ4n) is 1.74. The molecule has 0 aromatic carbocycles. The van der Waals surface area contributed by atoms with Crippen LogP contribution in [0.3, 0.4) is 0 Å². The van der Waals surface area contributed by atoms with Gasteiger partial charge in [-0.2, -0.15) is 0 Å². The third kappa shape index (κ3) is 2.25. The van der Waals surface area contributed by atoms with Crippen LogP contribution in [-0.4, -0.2) is 42.8 Å². The summed E-state index contributed by atoms with van der Waals surface area (Å²) in [6.45, 7) is 6.67. The van der Waals surface area contributed by atoms with Gasteiger partial charge in [0.1, 0.15) is 0 Å². The number of hydrogen-bond donors (Lipinski definition) is 1. The van der Waals surface area contributed by atoms with E-state index >= 15 is 0 Å². The summed E-state index contributed by atoms with van der Waals surface area (Å²) in [5, 5.41) is 3.25. The highest BCUT2D eigenvalue weighted by Gasteiger charge is 2.35. The Labute approximate surface area is 85.6 Å². The molecule has 1 heterocycles. The second-order valence-corrected chi connectivity index (χ2v) is 3.84. The summed E-state index contributed by atoms with van der Waals surface area (Å²) >= 11 is 0. The standard InChI is InChI=1S/C10H20N2O2/c1-5-9-10(13)12(8(3)11-9)6-7(2)14-4/h7-9,11H,5-6H2,1-4H3. The van der Waals surface area contributed by atoms with Gasteiger partial charge in [0.15, 0.2) is 0 Å². The molecule has 0 aromatic rings. The van der Waals surface area contributed by atoms with Gasteiger partial charge in [-0.15, -0.1) is 0 Å². The topological polar surface area (TPSA) is 41.6 Å². The summed E-state index contributed by atoms with van der Waals surface area (Å²) in [5.74, 6) is 0.198. The summed E-state index contributed by atoms with van der Waals surface area (Å²) < 4.78 is 5.16. The molecule has 1 amide bonds. The highest BCUT2D eigenvalue weighted by Crippen LogP contribution is 2.13. The maximum absolute atomic E-state index is 11.8. The Morgan fingerprint density at radius 2 is 2.29 bits per heavy atom. The molecule has 1 N–H and O–H groups in total. The number of ether oxygens (including phenoxy) is 1.